The lowest BCUT2D eigenvalue weighted by molar-refractivity contribution is 0.0942. The molecule has 1 N–H and O–H groups in total. The standard InChI is InChI=1S/C19H19N3O2/c23-17(14-11-20-16-3-1-2-8-22(16)18(14)24)21-10-12-9-13-4-5-15(12)19(13)6-7-19/h1-5,8,11-13,15H,6-7,9-10H2,(H,21,23)/t12-,13-,15-/m1/s1. The number of pyridine rings is 1. The van der Waals surface area contributed by atoms with Crippen molar-refractivity contribution in [2.75, 3.05) is 6.54 Å². The van der Waals surface area contributed by atoms with Gasteiger partial charge in [0.05, 0.1) is 0 Å². The van der Waals surface area contributed by atoms with Crippen LogP contribution in [0.4, 0.5) is 0 Å². The Morgan fingerprint density at radius 1 is 1.33 bits per heavy atom. The number of aromatic nitrogens is 2. The predicted molar refractivity (Wildman–Crippen MR) is 89.7 cm³/mol. The Kier molecular flexibility index (Phi) is 2.78. The number of rotatable bonds is 3. The number of nitrogens with one attached hydrogen (secondary N) is 1. The molecule has 3 aliphatic rings. The van der Waals surface area contributed by atoms with Gasteiger partial charge in [-0.3, -0.25) is 14.0 Å². The second-order valence-electron chi connectivity index (χ2n) is 7.36. The minimum atomic E-state index is -0.317. The fraction of sp³-hybridized carbons (Fsp3) is 0.421. The van der Waals surface area contributed by atoms with Gasteiger partial charge in [0.25, 0.3) is 11.5 Å². The summed E-state index contributed by atoms with van der Waals surface area (Å²) in [6.45, 7) is 0.642. The summed E-state index contributed by atoms with van der Waals surface area (Å²) in [5.41, 5.74) is 0.871. The molecule has 2 aromatic heterocycles. The molecular formula is C19H19N3O2. The average Bonchev–Trinajstić information content (AvgIpc) is 3.27. The SMILES string of the molecule is O=C(NC[C@H]1C[C@H]2C=C[C@H]1C21CC1)c1cnc2ccccn2c1=O. The highest BCUT2D eigenvalue weighted by atomic mass is 16.2. The smallest absolute Gasteiger partial charge is 0.270 e. The summed E-state index contributed by atoms with van der Waals surface area (Å²) in [6.07, 6.45) is 11.6. The fourth-order valence-corrected chi connectivity index (χ4v) is 4.86. The number of hydrogen-bond acceptors (Lipinski definition) is 3. The lowest BCUT2D eigenvalue weighted by Crippen LogP contribution is -2.35. The van der Waals surface area contributed by atoms with Gasteiger partial charge in [0.2, 0.25) is 0 Å². The van der Waals surface area contributed by atoms with E-state index >= 15 is 0 Å². The number of hydrogen-bond donors (Lipinski definition) is 1. The molecule has 1 amide bonds. The number of allylic oxidation sites excluding steroid dienone is 2. The molecule has 24 heavy (non-hydrogen) atoms. The predicted octanol–water partition coefficient (Wildman–Crippen LogP) is 2.03. The summed E-state index contributed by atoms with van der Waals surface area (Å²) < 4.78 is 1.41. The molecular weight excluding hydrogens is 302 g/mol. The number of amides is 1. The molecule has 2 aromatic rings. The van der Waals surface area contributed by atoms with E-state index in [1.807, 2.05) is 6.07 Å². The van der Waals surface area contributed by atoms with Crippen molar-refractivity contribution in [3.8, 4) is 0 Å². The Morgan fingerprint density at radius 2 is 2.21 bits per heavy atom. The van der Waals surface area contributed by atoms with Crippen molar-refractivity contribution in [1.29, 1.82) is 0 Å². The van der Waals surface area contributed by atoms with Crippen LogP contribution in [0.3, 0.4) is 0 Å². The zero-order valence-corrected chi connectivity index (χ0v) is 13.3. The largest absolute Gasteiger partial charge is 0.352 e. The van der Waals surface area contributed by atoms with Crippen molar-refractivity contribution >= 4 is 11.6 Å². The summed E-state index contributed by atoms with van der Waals surface area (Å²) in [4.78, 5) is 29.1. The van der Waals surface area contributed by atoms with E-state index in [1.165, 1.54) is 23.4 Å². The van der Waals surface area contributed by atoms with E-state index in [0.29, 0.717) is 35.4 Å². The lowest BCUT2D eigenvalue weighted by atomic mass is 9.89. The van der Waals surface area contributed by atoms with Crippen LogP contribution in [0.1, 0.15) is 29.6 Å². The van der Waals surface area contributed by atoms with E-state index in [9.17, 15) is 9.59 Å². The van der Waals surface area contributed by atoms with Gasteiger partial charge in [0.15, 0.2) is 0 Å². The fourth-order valence-electron chi connectivity index (χ4n) is 4.86. The van der Waals surface area contributed by atoms with Crippen LogP contribution in [0.5, 0.6) is 0 Å². The molecule has 0 unspecified atom stereocenters. The Morgan fingerprint density at radius 3 is 3.00 bits per heavy atom. The van der Waals surface area contributed by atoms with Crippen LogP contribution in [-0.4, -0.2) is 21.8 Å². The molecule has 3 aliphatic carbocycles. The van der Waals surface area contributed by atoms with Crippen molar-refractivity contribution in [2.45, 2.75) is 19.3 Å². The van der Waals surface area contributed by atoms with Gasteiger partial charge in [-0.2, -0.15) is 0 Å². The Hall–Kier alpha value is -2.43. The van der Waals surface area contributed by atoms with E-state index in [1.54, 1.807) is 18.3 Å². The summed E-state index contributed by atoms with van der Waals surface area (Å²) in [5, 5.41) is 2.97. The van der Waals surface area contributed by atoms with Crippen LogP contribution in [0.2, 0.25) is 0 Å². The maximum atomic E-state index is 12.5. The first-order chi connectivity index (χ1) is 11.7. The quantitative estimate of drug-likeness (QED) is 0.880. The number of nitrogens with zero attached hydrogens (tertiary/aromatic N) is 2. The maximum Gasteiger partial charge on any atom is 0.270 e. The molecule has 3 atom stereocenters. The summed E-state index contributed by atoms with van der Waals surface area (Å²) in [6, 6.07) is 5.33. The van der Waals surface area contributed by atoms with Crippen molar-refractivity contribution in [2.24, 2.45) is 23.2 Å². The van der Waals surface area contributed by atoms with Gasteiger partial charge in [0.1, 0.15) is 11.2 Å². The monoisotopic (exact) mass is 321 g/mol. The molecule has 2 heterocycles. The second kappa shape index (κ2) is 4.79. The van der Waals surface area contributed by atoms with Crippen LogP contribution in [0.25, 0.3) is 5.65 Å². The van der Waals surface area contributed by atoms with E-state index in [-0.39, 0.29) is 17.0 Å². The number of carbonyl (C=O) groups is 1. The van der Waals surface area contributed by atoms with Gasteiger partial charge in [0, 0.05) is 18.9 Å². The van der Waals surface area contributed by atoms with Crippen LogP contribution >= 0.6 is 0 Å². The van der Waals surface area contributed by atoms with E-state index in [0.717, 1.165) is 6.42 Å². The number of fused-ring (bicyclic) bond motifs is 1. The van der Waals surface area contributed by atoms with Crippen molar-refractivity contribution < 1.29 is 4.79 Å². The molecule has 2 saturated carbocycles. The van der Waals surface area contributed by atoms with E-state index in [4.69, 9.17) is 0 Å². The Bertz CT molecular complexity index is 926. The first-order valence-electron chi connectivity index (χ1n) is 8.62. The van der Waals surface area contributed by atoms with Gasteiger partial charge in [-0.15, -0.1) is 0 Å². The third-order valence-electron chi connectivity index (χ3n) is 6.23. The van der Waals surface area contributed by atoms with E-state index < -0.39 is 0 Å². The zero-order valence-electron chi connectivity index (χ0n) is 13.3. The minimum Gasteiger partial charge on any atom is -0.352 e. The molecule has 0 aliphatic heterocycles. The molecule has 0 aromatic carbocycles. The van der Waals surface area contributed by atoms with Crippen LogP contribution < -0.4 is 10.9 Å². The van der Waals surface area contributed by atoms with Crippen LogP contribution in [0, 0.1) is 23.2 Å². The Balaban J connectivity index is 1.34. The molecule has 2 bridgehead atoms. The molecule has 2 fully saturated rings. The van der Waals surface area contributed by atoms with Gasteiger partial charge in [-0.25, -0.2) is 4.98 Å². The normalized spacial score (nSPS) is 28.6. The molecule has 122 valence electrons. The van der Waals surface area contributed by atoms with Gasteiger partial charge < -0.3 is 5.32 Å². The third-order valence-corrected chi connectivity index (χ3v) is 6.23. The van der Waals surface area contributed by atoms with Crippen molar-refractivity contribution in [3.05, 3.63) is 58.7 Å². The van der Waals surface area contributed by atoms with Crippen LogP contribution in [0.15, 0.2) is 47.5 Å². The van der Waals surface area contributed by atoms with Gasteiger partial charge in [-0.1, -0.05) is 18.2 Å². The molecule has 5 rings (SSSR count). The first kappa shape index (κ1) is 14.0. The zero-order chi connectivity index (χ0) is 16.3. The molecule has 0 radical (unpaired) electrons. The summed E-state index contributed by atoms with van der Waals surface area (Å²) in [7, 11) is 0. The van der Waals surface area contributed by atoms with Gasteiger partial charge in [-0.05, 0) is 54.6 Å². The lowest BCUT2D eigenvalue weighted by Gasteiger charge is -2.20. The molecule has 5 nitrogen and oxygen atoms in total. The van der Waals surface area contributed by atoms with Gasteiger partial charge >= 0.3 is 0 Å². The summed E-state index contributed by atoms with van der Waals surface area (Å²) in [5.74, 6) is 1.50. The van der Waals surface area contributed by atoms with Crippen molar-refractivity contribution in [1.82, 2.24) is 14.7 Å². The third kappa shape index (κ3) is 1.84. The first-order valence-corrected chi connectivity index (χ1v) is 8.62. The highest BCUT2D eigenvalue weighted by Crippen LogP contribution is 2.69. The molecule has 1 spiro atoms. The van der Waals surface area contributed by atoms with Crippen molar-refractivity contribution in [3.63, 3.8) is 0 Å². The Labute approximate surface area is 139 Å². The molecule has 0 saturated heterocycles. The maximum absolute atomic E-state index is 12.5. The van der Waals surface area contributed by atoms with Crippen LogP contribution in [-0.2, 0) is 0 Å². The highest BCUT2D eigenvalue weighted by Gasteiger charge is 2.62. The summed E-state index contributed by atoms with van der Waals surface area (Å²) >= 11 is 0. The highest BCUT2D eigenvalue weighted by molar-refractivity contribution is 5.93. The topological polar surface area (TPSA) is 63.5 Å². The second-order valence-corrected chi connectivity index (χ2v) is 7.36. The minimum absolute atomic E-state index is 0.110. The number of carbonyl (C=O) groups excluding carboxylic acids is 1. The average molecular weight is 321 g/mol. The molecule has 5 heteroatoms. The van der Waals surface area contributed by atoms with E-state index in [2.05, 4.69) is 22.5 Å².